The molecule has 5 rings (SSSR count). The number of H-pyrrole nitrogens is 1. The maximum Gasteiger partial charge on any atom is 0.258 e. The van der Waals surface area contributed by atoms with Gasteiger partial charge in [-0.3, -0.25) is 9.36 Å². The second-order valence-corrected chi connectivity index (χ2v) is 8.62. The average Bonchev–Trinajstić information content (AvgIpc) is 2.72. The molecular weight excluding hydrogens is 364 g/mol. The predicted molar refractivity (Wildman–Crippen MR) is 115 cm³/mol. The fraction of sp³-hybridized carbons (Fsp3) is 0.333. The van der Waals surface area contributed by atoms with Crippen molar-refractivity contribution in [1.29, 1.82) is 0 Å². The SMILES string of the molecule is O=c1c2c([nH]c(=S)n1Cc1ccccc1)-c1ccccc1CC21CCCCC1. The molecule has 0 radical (unpaired) electrons. The molecule has 0 saturated heterocycles. The summed E-state index contributed by atoms with van der Waals surface area (Å²) in [5, 5.41) is 0. The Morgan fingerprint density at radius 3 is 2.46 bits per heavy atom. The second-order valence-electron chi connectivity index (χ2n) is 8.23. The van der Waals surface area contributed by atoms with Crippen molar-refractivity contribution in [1.82, 2.24) is 9.55 Å². The third-order valence-corrected chi connectivity index (χ3v) is 6.85. The molecule has 2 aliphatic carbocycles. The van der Waals surface area contributed by atoms with Gasteiger partial charge in [0.05, 0.1) is 12.2 Å². The van der Waals surface area contributed by atoms with E-state index in [0.717, 1.165) is 41.6 Å². The van der Waals surface area contributed by atoms with E-state index in [0.29, 0.717) is 11.3 Å². The van der Waals surface area contributed by atoms with E-state index in [2.05, 4.69) is 23.2 Å². The van der Waals surface area contributed by atoms with Crippen molar-refractivity contribution < 1.29 is 0 Å². The molecule has 4 heteroatoms. The van der Waals surface area contributed by atoms with E-state index in [-0.39, 0.29) is 11.0 Å². The van der Waals surface area contributed by atoms with Gasteiger partial charge < -0.3 is 4.98 Å². The van der Waals surface area contributed by atoms with Crippen molar-refractivity contribution >= 4 is 12.2 Å². The molecule has 1 aromatic heterocycles. The van der Waals surface area contributed by atoms with Gasteiger partial charge in [0.15, 0.2) is 4.77 Å². The average molecular weight is 389 g/mol. The fourth-order valence-electron chi connectivity index (χ4n) is 5.20. The molecule has 1 saturated carbocycles. The van der Waals surface area contributed by atoms with Gasteiger partial charge in [-0.15, -0.1) is 0 Å². The molecule has 0 amide bonds. The zero-order chi connectivity index (χ0) is 19.1. The van der Waals surface area contributed by atoms with Crippen LogP contribution >= 0.6 is 12.2 Å². The van der Waals surface area contributed by atoms with Crippen LogP contribution in [0.1, 0.15) is 48.8 Å². The zero-order valence-corrected chi connectivity index (χ0v) is 16.7. The predicted octanol–water partition coefficient (Wildman–Crippen LogP) is 5.38. The summed E-state index contributed by atoms with van der Waals surface area (Å²) in [6, 6.07) is 18.6. The first-order valence-electron chi connectivity index (χ1n) is 10.2. The van der Waals surface area contributed by atoms with E-state index in [1.165, 1.54) is 24.8 Å². The van der Waals surface area contributed by atoms with Gasteiger partial charge in [0.1, 0.15) is 0 Å². The van der Waals surface area contributed by atoms with Crippen molar-refractivity contribution in [3.63, 3.8) is 0 Å². The molecule has 0 aliphatic heterocycles. The first kappa shape index (κ1) is 17.6. The third-order valence-electron chi connectivity index (χ3n) is 6.53. The van der Waals surface area contributed by atoms with Crippen molar-refractivity contribution in [3.8, 4) is 11.3 Å². The second kappa shape index (κ2) is 6.85. The van der Waals surface area contributed by atoms with Crippen LogP contribution in [0.5, 0.6) is 0 Å². The molecule has 2 aromatic carbocycles. The number of nitrogens with one attached hydrogen (secondary N) is 1. The minimum Gasteiger partial charge on any atom is -0.331 e. The molecule has 3 aromatic rings. The molecule has 1 N–H and O–H groups in total. The van der Waals surface area contributed by atoms with E-state index in [9.17, 15) is 4.79 Å². The van der Waals surface area contributed by atoms with E-state index in [1.54, 1.807) is 4.57 Å². The van der Waals surface area contributed by atoms with Crippen molar-refractivity contribution in [2.75, 3.05) is 0 Å². The highest BCUT2D eigenvalue weighted by Gasteiger charge is 2.42. The van der Waals surface area contributed by atoms with Crippen LogP contribution in [0.4, 0.5) is 0 Å². The Morgan fingerprint density at radius 1 is 0.964 bits per heavy atom. The van der Waals surface area contributed by atoms with Gasteiger partial charge in [-0.1, -0.05) is 73.9 Å². The standard InChI is InChI=1S/C24H24N2OS/c27-22-20-21(25-23(28)26(22)16-17-9-3-1-4-10-17)19-12-6-5-11-18(19)15-24(20)13-7-2-8-14-24/h1,3-6,9-12H,2,7-8,13-16H2,(H,25,28). The molecule has 2 aliphatic rings. The van der Waals surface area contributed by atoms with E-state index in [4.69, 9.17) is 12.2 Å². The van der Waals surface area contributed by atoms with Crippen LogP contribution in [0, 0.1) is 4.77 Å². The molecule has 28 heavy (non-hydrogen) atoms. The molecule has 1 spiro atoms. The van der Waals surface area contributed by atoms with Gasteiger partial charge in [0, 0.05) is 16.5 Å². The highest BCUT2D eigenvalue weighted by Crippen LogP contribution is 2.48. The molecule has 0 atom stereocenters. The largest absolute Gasteiger partial charge is 0.331 e. The molecule has 0 unspecified atom stereocenters. The number of nitrogens with zero attached hydrogens (tertiary/aromatic N) is 1. The first-order valence-corrected chi connectivity index (χ1v) is 10.6. The molecule has 142 valence electrons. The Morgan fingerprint density at radius 2 is 1.68 bits per heavy atom. The smallest absolute Gasteiger partial charge is 0.258 e. The number of fused-ring (bicyclic) bond motifs is 4. The lowest BCUT2D eigenvalue weighted by atomic mass is 9.62. The quantitative estimate of drug-likeness (QED) is 0.599. The minimum absolute atomic E-state index is 0.0585. The fourth-order valence-corrected chi connectivity index (χ4v) is 5.45. The van der Waals surface area contributed by atoms with E-state index in [1.807, 2.05) is 36.4 Å². The van der Waals surface area contributed by atoms with Crippen LogP contribution in [0.3, 0.4) is 0 Å². The lowest BCUT2D eigenvalue weighted by Gasteiger charge is -2.42. The Labute approximate surface area is 170 Å². The monoisotopic (exact) mass is 388 g/mol. The summed E-state index contributed by atoms with van der Waals surface area (Å²) in [7, 11) is 0. The Bertz CT molecular complexity index is 1140. The van der Waals surface area contributed by atoms with Crippen LogP contribution in [0.2, 0.25) is 0 Å². The van der Waals surface area contributed by atoms with E-state index < -0.39 is 0 Å². The Kier molecular flexibility index (Phi) is 4.31. The molecule has 1 heterocycles. The first-order chi connectivity index (χ1) is 13.7. The number of hydrogen-bond donors (Lipinski definition) is 1. The number of benzene rings is 2. The van der Waals surface area contributed by atoms with Crippen LogP contribution in [0.15, 0.2) is 59.4 Å². The zero-order valence-electron chi connectivity index (χ0n) is 15.9. The Balaban J connectivity index is 1.75. The third kappa shape index (κ3) is 2.78. The van der Waals surface area contributed by atoms with Crippen molar-refractivity contribution in [3.05, 3.63) is 86.4 Å². The van der Waals surface area contributed by atoms with Gasteiger partial charge in [-0.25, -0.2) is 0 Å². The van der Waals surface area contributed by atoms with Crippen LogP contribution in [0.25, 0.3) is 11.3 Å². The van der Waals surface area contributed by atoms with Gasteiger partial charge >= 0.3 is 0 Å². The summed E-state index contributed by atoms with van der Waals surface area (Å²) in [5.41, 5.74) is 5.54. The summed E-state index contributed by atoms with van der Waals surface area (Å²) < 4.78 is 2.27. The number of aromatic nitrogens is 2. The van der Waals surface area contributed by atoms with Gasteiger partial charge in [-0.2, -0.15) is 0 Å². The minimum atomic E-state index is -0.0585. The normalized spacial score (nSPS) is 17.1. The molecule has 1 fully saturated rings. The van der Waals surface area contributed by atoms with Gasteiger partial charge in [-0.05, 0) is 42.6 Å². The summed E-state index contributed by atoms with van der Waals surface area (Å²) in [6.07, 6.45) is 6.77. The summed E-state index contributed by atoms with van der Waals surface area (Å²) in [5.74, 6) is 0. The molecular formula is C24H24N2OS. The lowest BCUT2D eigenvalue weighted by Crippen LogP contribution is -2.43. The number of rotatable bonds is 2. The number of aromatic amines is 1. The summed E-state index contributed by atoms with van der Waals surface area (Å²) in [6.45, 7) is 0.514. The highest BCUT2D eigenvalue weighted by atomic mass is 32.1. The topological polar surface area (TPSA) is 37.8 Å². The van der Waals surface area contributed by atoms with Crippen molar-refractivity contribution in [2.24, 2.45) is 0 Å². The highest BCUT2D eigenvalue weighted by molar-refractivity contribution is 7.71. The van der Waals surface area contributed by atoms with Crippen LogP contribution in [-0.4, -0.2) is 9.55 Å². The van der Waals surface area contributed by atoms with E-state index >= 15 is 0 Å². The lowest BCUT2D eigenvalue weighted by molar-refractivity contribution is 0.283. The maximum absolute atomic E-state index is 13.8. The van der Waals surface area contributed by atoms with Crippen LogP contribution < -0.4 is 5.56 Å². The Hall–Kier alpha value is -2.46. The summed E-state index contributed by atoms with van der Waals surface area (Å²) >= 11 is 5.65. The molecule has 0 bridgehead atoms. The maximum atomic E-state index is 13.8. The number of hydrogen-bond acceptors (Lipinski definition) is 2. The van der Waals surface area contributed by atoms with Gasteiger partial charge in [0.2, 0.25) is 0 Å². The van der Waals surface area contributed by atoms with Crippen molar-refractivity contribution in [2.45, 2.75) is 50.5 Å². The van der Waals surface area contributed by atoms with Gasteiger partial charge in [0.25, 0.3) is 5.56 Å². The summed E-state index contributed by atoms with van der Waals surface area (Å²) in [4.78, 5) is 17.3. The molecule has 3 nitrogen and oxygen atoms in total. The van der Waals surface area contributed by atoms with Crippen LogP contribution in [-0.2, 0) is 18.4 Å².